The second kappa shape index (κ2) is 6.78. The van der Waals surface area contributed by atoms with Crippen LogP contribution in [0.1, 0.15) is 26.6 Å². The first-order chi connectivity index (χ1) is 8.60. The number of anilines is 2. The van der Waals surface area contributed by atoms with Crippen molar-refractivity contribution in [1.29, 1.82) is 0 Å². The Balaban J connectivity index is 2.79. The van der Waals surface area contributed by atoms with Crippen molar-refractivity contribution in [3.8, 4) is 0 Å². The first-order valence-corrected chi connectivity index (χ1v) is 6.09. The van der Waals surface area contributed by atoms with Gasteiger partial charge in [-0.25, -0.2) is 14.8 Å². The number of esters is 1. The molecule has 0 spiro atoms. The quantitative estimate of drug-likeness (QED) is 0.746. The average Bonchev–Trinajstić information content (AvgIpc) is 2.38. The van der Waals surface area contributed by atoms with Gasteiger partial charge in [0.2, 0.25) is 0 Å². The van der Waals surface area contributed by atoms with E-state index < -0.39 is 6.04 Å². The SMILES string of the molecule is CCOC(=O)C(C)Nc1cc(NC)nc(CC)n1. The molecule has 0 aliphatic carbocycles. The van der Waals surface area contributed by atoms with Crippen LogP contribution in [0.15, 0.2) is 6.07 Å². The minimum absolute atomic E-state index is 0.292. The predicted octanol–water partition coefficient (Wildman–Crippen LogP) is 1.44. The average molecular weight is 252 g/mol. The summed E-state index contributed by atoms with van der Waals surface area (Å²) in [6, 6.07) is 1.32. The summed E-state index contributed by atoms with van der Waals surface area (Å²) in [6.07, 6.45) is 0.734. The van der Waals surface area contributed by atoms with Crippen LogP contribution in [-0.4, -0.2) is 35.6 Å². The Kier molecular flexibility index (Phi) is 5.35. The van der Waals surface area contributed by atoms with E-state index in [1.54, 1.807) is 27.0 Å². The number of carbonyl (C=O) groups excluding carboxylic acids is 1. The van der Waals surface area contributed by atoms with Crippen LogP contribution >= 0.6 is 0 Å². The number of hydrogen-bond donors (Lipinski definition) is 2. The Bertz CT molecular complexity index is 387. The lowest BCUT2D eigenvalue weighted by Gasteiger charge is -2.14. The topological polar surface area (TPSA) is 76.1 Å². The molecule has 0 saturated heterocycles. The van der Waals surface area contributed by atoms with Crippen molar-refractivity contribution in [2.45, 2.75) is 33.2 Å². The number of aryl methyl sites for hydroxylation is 1. The van der Waals surface area contributed by atoms with Gasteiger partial charge >= 0.3 is 5.97 Å². The van der Waals surface area contributed by atoms with Crippen molar-refractivity contribution >= 4 is 17.6 Å². The fourth-order valence-corrected chi connectivity index (χ4v) is 1.41. The molecule has 6 heteroatoms. The Morgan fingerprint density at radius 2 is 2.06 bits per heavy atom. The van der Waals surface area contributed by atoms with Crippen LogP contribution in [-0.2, 0) is 16.0 Å². The summed E-state index contributed by atoms with van der Waals surface area (Å²) < 4.78 is 4.93. The maximum atomic E-state index is 11.5. The zero-order valence-electron chi connectivity index (χ0n) is 11.3. The zero-order chi connectivity index (χ0) is 13.5. The Morgan fingerprint density at radius 3 is 2.61 bits per heavy atom. The number of nitrogens with zero attached hydrogens (tertiary/aromatic N) is 2. The van der Waals surface area contributed by atoms with Gasteiger partial charge in [-0.3, -0.25) is 0 Å². The van der Waals surface area contributed by atoms with Crippen LogP contribution in [0.4, 0.5) is 11.6 Å². The van der Waals surface area contributed by atoms with Gasteiger partial charge in [0.1, 0.15) is 23.5 Å². The van der Waals surface area contributed by atoms with Crippen molar-refractivity contribution < 1.29 is 9.53 Å². The largest absolute Gasteiger partial charge is 0.464 e. The van der Waals surface area contributed by atoms with Crippen LogP contribution in [0.2, 0.25) is 0 Å². The Hall–Kier alpha value is -1.85. The molecule has 0 aliphatic heterocycles. The fourth-order valence-electron chi connectivity index (χ4n) is 1.41. The molecule has 1 atom stereocenters. The highest BCUT2D eigenvalue weighted by Crippen LogP contribution is 2.12. The van der Waals surface area contributed by atoms with Gasteiger partial charge in [-0.15, -0.1) is 0 Å². The molecular weight excluding hydrogens is 232 g/mol. The molecule has 0 bridgehead atoms. The summed E-state index contributed by atoms with van der Waals surface area (Å²) >= 11 is 0. The molecule has 0 aliphatic rings. The minimum Gasteiger partial charge on any atom is -0.464 e. The Morgan fingerprint density at radius 1 is 1.39 bits per heavy atom. The van der Waals surface area contributed by atoms with Gasteiger partial charge in [-0.05, 0) is 13.8 Å². The lowest BCUT2D eigenvalue weighted by Crippen LogP contribution is -2.28. The summed E-state index contributed by atoms with van der Waals surface area (Å²) in [7, 11) is 1.79. The van der Waals surface area contributed by atoms with Gasteiger partial charge in [-0.2, -0.15) is 0 Å². The summed E-state index contributed by atoms with van der Waals surface area (Å²) in [4.78, 5) is 20.1. The fraction of sp³-hybridized carbons (Fsp3) is 0.583. The van der Waals surface area contributed by atoms with Gasteiger partial charge in [0, 0.05) is 19.5 Å². The maximum Gasteiger partial charge on any atom is 0.328 e. The molecule has 0 saturated carbocycles. The van der Waals surface area contributed by atoms with Crippen LogP contribution < -0.4 is 10.6 Å². The molecule has 0 fully saturated rings. The van der Waals surface area contributed by atoms with Crippen LogP contribution in [0, 0.1) is 0 Å². The van der Waals surface area contributed by atoms with Gasteiger partial charge in [0.15, 0.2) is 0 Å². The van der Waals surface area contributed by atoms with Crippen molar-refractivity contribution in [3.05, 3.63) is 11.9 Å². The molecule has 1 aromatic rings. The van der Waals surface area contributed by atoms with Crippen LogP contribution in [0.25, 0.3) is 0 Å². The van der Waals surface area contributed by atoms with Gasteiger partial charge in [0.25, 0.3) is 0 Å². The van der Waals surface area contributed by atoms with Crippen LogP contribution in [0.3, 0.4) is 0 Å². The summed E-state index contributed by atoms with van der Waals surface area (Å²) in [6.45, 7) is 5.87. The second-order valence-corrected chi connectivity index (χ2v) is 3.78. The van der Waals surface area contributed by atoms with Crippen LogP contribution in [0.5, 0.6) is 0 Å². The molecule has 1 unspecified atom stereocenters. The van der Waals surface area contributed by atoms with E-state index in [2.05, 4.69) is 20.6 Å². The smallest absolute Gasteiger partial charge is 0.328 e. The van der Waals surface area contributed by atoms with E-state index in [9.17, 15) is 4.79 Å². The van der Waals surface area contributed by atoms with Crippen molar-refractivity contribution in [2.75, 3.05) is 24.3 Å². The third-order valence-electron chi connectivity index (χ3n) is 2.35. The normalized spacial score (nSPS) is 11.8. The molecule has 1 aromatic heterocycles. The number of nitrogens with one attached hydrogen (secondary N) is 2. The highest BCUT2D eigenvalue weighted by Gasteiger charge is 2.14. The maximum absolute atomic E-state index is 11.5. The molecule has 6 nitrogen and oxygen atoms in total. The van der Waals surface area contributed by atoms with E-state index in [1.165, 1.54) is 0 Å². The summed E-state index contributed by atoms with van der Waals surface area (Å²) in [5.41, 5.74) is 0. The molecule has 1 heterocycles. The van der Waals surface area contributed by atoms with E-state index >= 15 is 0 Å². The highest BCUT2D eigenvalue weighted by molar-refractivity contribution is 5.78. The Labute approximate surface area is 107 Å². The number of aromatic nitrogens is 2. The number of rotatable bonds is 6. The standard InChI is InChI=1S/C12H20N4O2/c1-5-9-15-10(13-4)7-11(16-9)14-8(3)12(17)18-6-2/h7-8H,5-6H2,1-4H3,(H2,13,14,15,16). The molecule has 100 valence electrons. The van der Waals surface area contributed by atoms with E-state index in [1.807, 2.05) is 6.92 Å². The molecule has 1 rings (SSSR count). The van der Waals surface area contributed by atoms with E-state index in [0.29, 0.717) is 12.4 Å². The lowest BCUT2D eigenvalue weighted by atomic mass is 10.3. The summed E-state index contributed by atoms with van der Waals surface area (Å²) in [5.74, 6) is 1.77. The molecule has 0 aromatic carbocycles. The molecule has 2 N–H and O–H groups in total. The lowest BCUT2D eigenvalue weighted by molar-refractivity contribution is -0.143. The third kappa shape index (κ3) is 3.87. The minimum atomic E-state index is -0.436. The number of hydrogen-bond acceptors (Lipinski definition) is 6. The monoisotopic (exact) mass is 252 g/mol. The highest BCUT2D eigenvalue weighted by atomic mass is 16.5. The molecule has 18 heavy (non-hydrogen) atoms. The van der Waals surface area contributed by atoms with E-state index in [0.717, 1.165) is 18.1 Å². The molecule has 0 amide bonds. The third-order valence-corrected chi connectivity index (χ3v) is 2.35. The van der Waals surface area contributed by atoms with Crippen molar-refractivity contribution in [2.24, 2.45) is 0 Å². The predicted molar refractivity (Wildman–Crippen MR) is 70.7 cm³/mol. The zero-order valence-corrected chi connectivity index (χ0v) is 11.3. The van der Waals surface area contributed by atoms with Crippen molar-refractivity contribution in [1.82, 2.24) is 9.97 Å². The summed E-state index contributed by atoms with van der Waals surface area (Å²) in [5, 5.41) is 5.97. The van der Waals surface area contributed by atoms with E-state index in [4.69, 9.17) is 4.74 Å². The van der Waals surface area contributed by atoms with Gasteiger partial charge < -0.3 is 15.4 Å². The van der Waals surface area contributed by atoms with Gasteiger partial charge in [0.05, 0.1) is 6.61 Å². The number of carbonyl (C=O) groups is 1. The molecule has 0 radical (unpaired) electrons. The first kappa shape index (κ1) is 14.2. The number of ether oxygens (including phenoxy) is 1. The molecular formula is C12H20N4O2. The van der Waals surface area contributed by atoms with Gasteiger partial charge in [-0.1, -0.05) is 6.92 Å². The second-order valence-electron chi connectivity index (χ2n) is 3.78. The first-order valence-electron chi connectivity index (χ1n) is 6.09. The van der Waals surface area contributed by atoms with E-state index in [-0.39, 0.29) is 5.97 Å². The van der Waals surface area contributed by atoms with Crippen molar-refractivity contribution in [3.63, 3.8) is 0 Å².